The van der Waals surface area contributed by atoms with E-state index >= 15 is 0 Å². The Kier molecular flexibility index (Phi) is 6.39. The minimum absolute atomic E-state index is 0.0989. The lowest BCUT2D eigenvalue weighted by Crippen LogP contribution is -2.39. The van der Waals surface area contributed by atoms with Gasteiger partial charge >= 0.3 is 0 Å². The Morgan fingerprint density at radius 2 is 2.14 bits per heavy atom. The molecule has 1 N–H and O–H groups in total. The van der Waals surface area contributed by atoms with Gasteiger partial charge in [0.2, 0.25) is 5.91 Å². The number of carbonyl (C=O) groups excluding carboxylic acids is 1. The van der Waals surface area contributed by atoms with Gasteiger partial charge < -0.3 is 14.8 Å². The summed E-state index contributed by atoms with van der Waals surface area (Å²) < 4.78 is 2.12. The van der Waals surface area contributed by atoms with Crippen molar-refractivity contribution in [1.29, 1.82) is 0 Å². The molecule has 0 unspecified atom stereocenters. The summed E-state index contributed by atoms with van der Waals surface area (Å²) in [6.07, 6.45) is 4.81. The Hall–Kier alpha value is -1.40. The predicted molar refractivity (Wildman–Crippen MR) is 87.5 cm³/mol. The standard InChI is InChI=1S/C16H29N5O/c1-14(2)11-21-13-17-9-15(21)10-18-16(22)12-20-6-4-5-19(3)7-8-20/h9,13-14H,4-8,10-12H2,1-3H3,(H,18,22). The van der Waals surface area contributed by atoms with Crippen LogP contribution in [0.4, 0.5) is 0 Å². The summed E-state index contributed by atoms with van der Waals surface area (Å²) in [7, 11) is 2.14. The normalized spacial score (nSPS) is 17.6. The lowest BCUT2D eigenvalue weighted by atomic mass is 10.2. The van der Waals surface area contributed by atoms with Crippen LogP contribution >= 0.6 is 0 Å². The largest absolute Gasteiger partial charge is 0.349 e. The molecule has 1 fully saturated rings. The van der Waals surface area contributed by atoms with Crippen LogP contribution in [0.2, 0.25) is 0 Å². The van der Waals surface area contributed by atoms with E-state index in [1.807, 2.05) is 12.5 Å². The molecule has 124 valence electrons. The maximum Gasteiger partial charge on any atom is 0.234 e. The zero-order valence-corrected chi connectivity index (χ0v) is 14.1. The van der Waals surface area contributed by atoms with Crippen LogP contribution in [0.25, 0.3) is 0 Å². The molecule has 2 rings (SSSR count). The summed E-state index contributed by atoms with van der Waals surface area (Å²) in [6, 6.07) is 0. The van der Waals surface area contributed by atoms with Crippen LogP contribution in [0.15, 0.2) is 12.5 Å². The first kappa shape index (κ1) is 17.0. The molecule has 6 nitrogen and oxygen atoms in total. The lowest BCUT2D eigenvalue weighted by molar-refractivity contribution is -0.122. The van der Waals surface area contributed by atoms with Crippen molar-refractivity contribution in [2.24, 2.45) is 5.92 Å². The van der Waals surface area contributed by atoms with Crippen LogP contribution in [0.3, 0.4) is 0 Å². The number of aromatic nitrogens is 2. The van der Waals surface area contributed by atoms with E-state index in [0.717, 1.165) is 44.8 Å². The highest BCUT2D eigenvalue weighted by molar-refractivity contribution is 5.77. The van der Waals surface area contributed by atoms with Crippen LogP contribution < -0.4 is 5.32 Å². The van der Waals surface area contributed by atoms with Crippen molar-refractivity contribution in [3.8, 4) is 0 Å². The Balaban J connectivity index is 1.77. The molecule has 1 saturated heterocycles. The van der Waals surface area contributed by atoms with E-state index in [4.69, 9.17) is 0 Å². The predicted octanol–water partition coefficient (Wildman–Crippen LogP) is 0.793. The van der Waals surface area contributed by atoms with Crippen LogP contribution in [0.1, 0.15) is 26.0 Å². The molecule has 2 heterocycles. The second-order valence-electron chi connectivity index (χ2n) is 6.64. The zero-order chi connectivity index (χ0) is 15.9. The molecule has 0 aliphatic carbocycles. The summed E-state index contributed by atoms with van der Waals surface area (Å²) in [5, 5.41) is 3.02. The molecule has 1 aliphatic rings. The number of hydrogen-bond acceptors (Lipinski definition) is 4. The second-order valence-corrected chi connectivity index (χ2v) is 6.64. The molecule has 0 radical (unpaired) electrons. The monoisotopic (exact) mass is 307 g/mol. The first-order valence-electron chi connectivity index (χ1n) is 8.21. The van der Waals surface area contributed by atoms with Gasteiger partial charge in [-0.1, -0.05) is 13.8 Å². The molecule has 1 aliphatic heterocycles. The third-order valence-electron chi connectivity index (χ3n) is 4.01. The number of hydrogen-bond donors (Lipinski definition) is 1. The van der Waals surface area contributed by atoms with Crippen molar-refractivity contribution < 1.29 is 4.79 Å². The van der Waals surface area contributed by atoms with Gasteiger partial charge in [-0.25, -0.2) is 4.98 Å². The van der Waals surface area contributed by atoms with Crippen LogP contribution in [0.5, 0.6) is 0 Å². The zero-order valence-electron chi connectivity index (χ0n) is 14.1. The van der Waals surface area contributed by atoms with E-state index in [1.54, 1.807) is 0 Å². The number of carbonyl (C=O) groups is 1. The van der Waals surface area contributed by atoms with Gasteiger partial charge in [0, 0.05) is 25.8 Å². The second kappa shape index (κ2) is 8.29. The minimum atomic E-state index is 0.0989. The molecule has 1 aromatic heterocycles. The third kappa shape index (κ3) is 5.42. The van der Waals surface area contributed by atoms with E-state index in [0.29, 0.717) is 19.0 Å². The molecule has 0 aromatic carbocycles. The van der Waals surface area contributed by atoms with Crippen molar-refractivity contribution in [3.05, 3.63) is 18.2 Å². The summed E-state index contributed by atoms with van der Waals surface area (Å²) >= 11 is 0. The molecule has 1 amide bonds. The highest BCUT2D eigenvalue weighted by Gasteiger charge is 2.15. The number of rotatable bonds is 6. The van der Waals surface area contributed by atoms with Gasteiger partial charge in [-0.3, -0.25) is 9.69 Å². The summed E-state index contributed by atoms with van der Waals surface area (Å²) in [6.45, 7) is 10.5. The van der Waals surface area contributed by atoms with Crippen molar-refractivity contribution >= 4 is 5.91 Å². The van der Waals surface area contributed by atoms with E-state index < -0.39 is 0 Å². The van der Waals surface area contributed by atoms with E-state index in [9.17, 15) is 4.79 Å². The number of amides is 1. The SMILES string of the molecule is CC(C)Cn1cncc1CNC(=O)CN1CCCN(C)CC1. The van der Waals surface area contributed by atoms with Gasteiger partial charge in [0.1, 0.15) is 0 Å². The molecule has 0 atom stereocenters. The van der Waals surface area contributed by atoms with Crippen LogP contribution in [-0.2, 0) is 17.9 Å². The van der Waals surface area contributed by atoms with E-state index in [1.165, 1.54) is 0 Å². The van der Waals surface area contributed by atoms with Crippen molar-refractivity contribution in [2.75, 3.05) is 39.8 Å². The maximum atomic E-state index is 12.1. The number of likely N-dealkylation sites (N-methyl/N-ethyl adjacent to an activating group) is 1. The molecule has 0 bridgehead atoms. The molecule has 0 spiro atoms. The van der Waals surface area contributed by atoms with Gasteiger partial charge in [-0.2, -0.15) is 0 Å². The topological polar surface area (TPSA) is 53.4 Å². The van der Waals surface area contributed by atoms with Gasteiger partial charge in [0.25, 0.3) is 0 Å². The Morgan fingerprint density at radius 1 is 1.32 bits per heavy atom. The smallest absolute Gasteiger partial charge is 0.234 e. The molecule has 1 aromatic rings. The average Bonchev–Trinajstić information content (AvgIpc) is 2.78. The van der Waals surface area contributed by atoms with Gasteiger partial charge in [0.05, 0.1) is 25.1 Å². The number of nitrogens with one attached hydrogen (secondary N) is 1. The Labute approximate surface area is 133 Å². The minimum Gasteiger partial charge on any atom is -0.349 e. The van der Waals surface area contributed by atoms with E-state index in [-0.39, 0.29) is 5.91 Å². The molecule has 0 saturated carbocycles. The Morgan fingerprint density at radius 3 is 2.91 bits per heavy atom. The molecular weight excluding hydrogens is 278 g/mol. The highest BCUT2D eigenvalue weighted by Crippen LogP contribution is 2.05. The third-order valence-corrected chi connectivity index (χ3v) is 4.01. The van der Waals surface area contributed by atoms with Gasteiger partial charge in [0.15, 0.2) is 0 Å². The average molecular weight is 307 g/mol. The quantitative estimate of drug-likeness (QED) is 0.844. The fraction of sp³-hybridized carbons (Fsp3) is 0.750. The maximum absolute atomic E-state index is 12.1. The molecule has 22 heavy (non-hydrogen) atoms. The first-order valence-corrected chi connectivity index (χ1v) is 8.21. The van der Waals surface area contributed by atoms with Crippen molar-refractivity contribution in [3.63, 3.8) is 0 Å². The first-order chi connectivity index (χ1) is 10.5. The van der Waals surface area contributed by atoms with Gasteiger partial charge in [-0.05, 0) is 32.5 Å². The van der Waals surface area contributed by atoms with E-state index in [2.05, 4.69) is 45.6 Å². The van der Waals surface area contributed by atoms with Crippen LogP contribution in [-0.4, -0.2) is 65.0 Å². The van der Waals surface area contributed by atoms with Crippen molar-refractivity contribution in [2.45, 2.75) is 33.4 Å². The van der Waals surface area contributed by atoms with Gasteiger partial charge in [-0.15, -0.1) is 0 Å². The number of nitrogens with zero attached hydrogens (tertiary/aromatic N) is 4. The Bertz CT molecular complexity index is 471. The number of imidazole rings is 1. The summed E-state index contributed by atoms with van der Waals surface area (Å²) in [5.41, 5.74) is 1.07. The fourth-order valence-electron chi connectivity index (χ4n) is 2.76. The van der Waals surface area contributed by atoms with Crippen molar-refractivity contribution in [1.82, 2.24) is 24.7 Å². The molecule has 6 heteroatoms. The lowest BCUT2D eigenvalue weighted by Gasteiger charge is -2.19. The summed E-state index contributed by atoms with van der Waals surface area (Å²) in [5.74, 6) is 0.666. The summed E-state index contributed by atoms with van der Waals surface area (Å²) in [4.78, 5) is 20.9. The van der Waals surface area contributed by atoms with Crippen LogP contribution in [0, 0.1) is 5.92 Å². The fourth-order valence-corrected chi connectivity index (χ4v) is 2.76. The highest BCUT2D eigenvalue weighted by atomic mass is 16.2. The molecular formula is C16H29N5O.